The van der Waals surface area contributed by atoms with E-state index < -0.39 is 5.60 Å². The Morgan fingerprint density at radius 2 is 1.50 bits per heavy atom. The molecule has 1 nitrogen and oxygen atoms in total. The van der Waals surface area contributed by atoms with E-state index in [1.807, 2.05) is 6.08 Å². The summed E-state index contributed by atoms with van der Waals surface area (Å²) >= 11 is 0. The molecule has 0 unspecified atom stereocenters. The molecule has 0 saturated carbocycles. The number of hydrogen-bond acceptors (Lipinski definition) is 1. The van der Waals surface area contributed by atoms with E-state index in [4.69, 9.17) is 0 Å². The van der Waals surface area contributed by atoms with E-state index in [2.05, 4.69) is 19.7 Å². The average molecular weight is 194 g/mol. The fourth-order valence-electron chi connectivity index (χ4n) is 1.57. The van der Waals surface area contributed by atoms with Crippen molar-refractivity contribution in [2.75, 3.05) is 0 Å². The Morgan fingerprint density at radius 3 is 1.93 bits per heavy atom. The van der Waals surface area contributed by atoms with Crippen molar-refractivity contribution in [1.29, 1.82) is 0 Å². The molecule has 1 N–H and O–H groups in total. The van der Waals surface area contributed by atoms with Gasteiger partial charge in [0.2, 0.25) is 0 Å². The molecule has 0 aromatic heterocycles. The molecule has 14 heavy (non-hydrogen) atoms. The largest absolute Gasteiger partial charge is 0.389 e. The maximum atomic E-state index is 10.1. The van der Waals surface area contributed by atoms with Crippen LogP contribution in [0.1, 0.15) is 38.5 Å². The zero-order chi connectivity index (χ0) is 10.9. The van der Waals surface area contributed by atoms with Gasteiger partial charge in [-0.1, -0.05) is 24.6 Å². The predicted octanol–water partition coefficient (Wildman–Crippen LogP) is 3.62. The molecule has 0 aliphatic heterocycles. The second kappa shape index (κ2) is 7.57. The van der Waals surface area contributed by atoms with Gasteiger partial charge in [0.1, 0.15) is 0 Å². The van der Waals surface area contributed by atoms with E-state index in [-0.39, 0.29) is 0 Å². The summed E-state index contributed by atoms with van der Waals surface area (Å²) in [5.41, 5.74) is -0.620. The molecule has 0 rings (SSSR count). The highest BCUT2D eigenvalue weighted by Crippen LogP contribution is 2.23. The van der Waals surface area contributed by atoms with Crippen molar-refractivity contribution in [1.82, 2.24) is 0 Å². The SMILES string of the molecule is C=CCCCCC(O)(CC=C)CC=C. The van der Waals surface area contributed by atoms with E-state index in [0.717, 1.165) is 25.7 Å². The van der Waals surface area contributed by atoms with Crippen molar-refractivity contribution in [3.8, 4) is 0 Å². The topological polar surface area (TPSA) is 20.2 Å². The predicted molar refractivity (Wildman–Crippen MR) is 63.2 cm³/mol. The first kappa shape index (κ1) is 13.2. The molecule has 0 aromatic carbocycles. The normalized spacial score (nSPS) is 10.9. The summed E-state index contributed by atoms with van der Waals surface area (Å²) in [6, 6.07) is 0. The van der Waals surface area contributed by atoms with Gasteiger partial charge in [-0.05, 0) is 32.1 Å². The van der Waals surface area contributed by atoms with Gasteiger partial charge in [0.15, 0.2) is 0 Å². The average Bonchev–Trinajstić information content (AvgIpc) is 2.13. The lowest BCUT2D eigenvalue weighted by Crippen LogP contribution is -2.26. The molecule has 0 aliphatic carbocycles. The summed E-state index contributed by atoms with van der Waals surface area (Å²) in [5, 5.41) is 10.1. The first-order valence-corrected chi connectivity index (χ1v) is 5.23. The minimum atomic E-state index is -0.620. The Hall–Kier alpha value is -0.820. The molecule has 0 heterocycles. The van der Waals surface area contributed by atoms with E-state index in [1.165, 1.54) is 0 Å². The van der Waals surface area contributed by atoms with Crippen LogP contribution in [0.3, 0.4) is 0 Å². The summed E-state index contributed by atoms with van der Waals surface area (Å²) < 4.78 is 0. The highest BCUT2D eigenvalue weighted by Gasteiger charge is 2.22. The van der Waals surface area contributed by atoms with Crippen LogP contribution in [0.15, 0.2) is 38.0 Å². The molecule has 0 amide bonds. The van der Waals surface area contributed by atoms with Crippen LogP contribution in [0, 0.1) is 0 Å². The molecular formula is C13H22O. The van der Waals surface area contributed by atoms with Gasteiger partial charge in [-0.3, -0.25) is 0 Å². The minimum absolute atomic E-state index is 0.620. The summed E-state index contributed by atoms with van der Waals surface area (Å²) in [6.07, 6.45) is 10.7. The molecule has 0 aliphatic rings. The third kappa shape index (κ3) is 5.76. The summed E-state index contributed by atoms with van der Waals surface area (Å²) in [5.74, 6) is 0. The molecule has 0 aromatic rings. The molecule has 0 fully saturated rings. The van der Waals surface area contributed by atoms with Crippen LogP contribution in [0.2, 0.25) is 0 Å². The van der Waals surface area contributed by atoms with Crippen LogP contribution < -0.4 is 0 Å². The molecule has 0 spiro atoms. The smallest absolute Gasteiger partial charge is 0.0716 e. The third-order valence-corrected chi connectivity index (χ3v) is 2.35. The summed E-state index contributed by atoms with van der Waals surface area (Å²) in [7, 11) is 0. The Morgan fingerprint density at radius 1 is 0.929 bits per heavy atom. The summed E-state index contributed by atoms with van der Waals surface area (Å²) in [6.45, 7) is 11.0. The molecule has 0 radical (unpaired) electrons. The van der Waals surface area contributed by atoms with Gasteiger partial charge in [0.05, 0.1) is 5.60 Å². The van der Waals surface area contributed by atoms with E-state index in [0.29, 0.717) is 12.8 Å². The van der Waals surface area contributed by atoms with Gasteiger partial charge in [0.25, 0.3) is 0 Å². The van der Waals surface area contributed by atoms with Crippen molar-refractivity contribution < 1.29 is 5.11 Å². The zero-order valence-corrected chi connectivity index (χ0v) is 9.04. The van der Waals surface area contributed by atoms with Crippen LogP contribution in [-0.2, 0) is 0 Å². The van der Waals surface area contributed by atoms with Crippen molar-refractivity contribution >= 4 is 0 Å². The minimum Gasteiger partial charge on any atom is -0.389 e. The van der Waals surface area contributed by atoms with Crippen molar-refractivity contribution in [3.63, 3.8) is 0 Å². The monoisotopic (exact) mass is 194 g/mol. The quantitative estimate of drug-likeness (QED) is 0.439. The van der Waals surface area contributed by atoms with Crippen LogP contribution in [-0.4, -0.2) is 10.7 Å². The Labute approximate surface area is 87.8 Å². The van der Waals surface area contributed by atoms with Crippen LogP contribution in [0.4, 0.5) is 0 Å². The molecule has 0 atom stereocenters. The van der Waals surface area contributed by atoms with Crippen LogP contribution in [0.5, 0.6) is 0 Å². The molecule has 1 heteroatoms. The van der Waals surface area contributed by atoms with Gasteiger partial charge in [0, 0.05) is 0 Å². The molecule has 0 saturated heterocycles. The fraction of sp³-hybridized carbons (Fsp3) is 0.538. The maximum Gasteiger partial charge on any atom is 0.0716 e. The number of rotatable bonds is 9. The highest BCUT2D eigenvalue weighted by atomic mass is 16.3. The van der Waals surface area contributed by atoms with Crippen LogP contribution in [0.25, 0.3) is 0 Å². The van der Waals surface area contributed by atoms with E-state index in [9.17, 15) is 5.11 Å². The van der Waals surface area contributed by atoms with Crippen molar-refractivity contribution in [3.05, 3.63) is 38.0 Å². The Kier molecular flexibility index (Phi) is 7.13. The summed E-state index contributed by atoms with van der Waals surface area (Å²) in [4.78, 5) is 0. The van der Waals surface area contributed by atoms with Crippen LogP contribution >= 0.6 is 0 Å². The third-order valence-electron chi connectivity index (χ3n) is 2.35. The van der Waals surface area contributed by atoms with E-state index >= 15 is 0 Å². The Balaban J connectivity index is 3.87. The lowest BCUT2D eigenvalue weighted by atomic mass is 9.89. The first-order chi connectivity index (χ1) is 6.68. The van der Waals surface area contributed by atoms with Gasteiger partial charge >= 0.3 is 0 Å². The number of aliphatic hydroxyl groups is 1. The van der Waals surface area contributed by atoms with Crippen molar-refractivity contribution in [2.45, 2.75) is 44.1 Å². The lowest BCUT2D eigenvalue weighted by molar-refractivity contribution is 0.0350. The molecule has 0 bridgehead atoms. The van der Waals surface area contributed by atoms with Gasteiger partial charge < -0.3 is 5.11 Å². The van der Waals surface area contributed by atoms with E-state index in [1.54, 1.807) is 12.2 Å². The van der Waals surface area contributed by atoms with Gasteiger partial charge in [-0.25, -0.2) is 0 Å². The highest BCUT2D eigenvalue weighted by molar-refractivity contribution is 4.91. The lowest BCUT2D eigenvalue weighted by Gasteiger charge is -2.25. The van der Waals surface area contributed by atoms with Gasteiger partial charge in [-0.15, -0.1) is 19.7 Å². The first-order valence-electron chi connectivity index (χ1n) is 5.23. The van der Waals surface area contributed by atoms with Crippen molar-refractivity contribution in [2.24, 2.45) is 0 Å². The molecular weight excluding hydrogens is 172 g/mol. The number of allylic oxidation sites excluding steroid dienone is 1. The second-order valence-electron chi connectivity index (χ2n) is 3.74. The maximum absolute atomic E-state index is 10.1. The standard InChI is InChI=1S/C13H22O/c1-4-7-8-9-12-13(14,10-5-2)11-6-3/h4-6,14H,1-3,7-12H2. The zero-order valence-electron chi connectivity index (χ0n) is 9.04. The van der Waals surface area contributed by atoms with Gasteiger partial charge in [-0.2, -0.15) is 0 Å². The Bertz CT molecular complexity index is 172. The fourth-order valence-corrected chi connectivity index (χ4v) is 1.57. The number of hydrogen-bond donors (Lipinski definition) is 1. The number of unbranched alkanes of at least 4 members (excludes halogenated alkanes) is 2. The second-order valence-corrected chi connectivity index (χ2v) is 3.74. The molecule has 80 valence electrons.